The number of methoxy groups -OCH3 is 1. The van der Waals surface area contributed by atoms with E-state index < -0.39 is 0 Å². The molecule has 2 aliphatic heterocycles. The highest BCUT2D eigenvalue weighted by Gasteiger charge is 2.47. The van der Waals surface area contributed by atoms with E-state index in [4.69, 9.17) is 4.74 Å². The van der Waals surface area contributed by atoms with E-state index in [1.54, 1.807) is 23.2 Å². The summed E-state index contributed by atoms with van der Waals surface area (Å²) in [7, 11) is 1.48. The van der Waals surface area contributed by atoms with Gasteiger partial charge < -0.3 is 9.64 Å². The summed E-state index contributed by atoms with van der Waals surface area (Å²) in [5.74, 6) is 0.125. The van der Waals surface area contributed by atoms with Gasteiger partial charge in [-0.05, 0) is 31.4 Å². The minimum atomic E-state index is -0.314. The zero-order valence-electron chi connectivity index (χ0n) is 10.7. The minimum Gasteiger partial charge on any atom is -0.479 e. The molecular weight excluding hydrogens is 246 g/mol. The number of hydrogen-bond acceptors (Lipinski definition) is 4. The fourth-order valence-electron chi connectivity index (χ4n) is 2.72. The molecule has 1 aromatic rings. The van der Waals surface area contributed by atoms with Gasteiger partial charge in [0.25, 0.3) is 5.91 Å². The molecule has 1 aromatic heterocycles. The molecule has 2 aliphatic rings. The highest BCUT2D eigenvalue weighted by atomic mass is 16.5. The van der Waals surface area contributed by atoms with Crippen molar-refractivity contribution in [2.45, 2.75) is 25.3 Å². The average Bonchev–Trinajstić information content (AvgIpc) is 2.71. The predicted molar refractivity (Wildman–Crippen MR) is 68.0 cm³/mol. The van der Waals surface area contributed by atoms with E-state index in [9.17, 15) is 9.59 Å². The van der Waals surface area contributed by atoms with Crippen LogP contribution in [0.5, 0.6) is 5.88 Å². The van der Waals surface area contributed by atoms with E-state index in [0.717, 1.165) is 19.3 Å². The van der Waals surface area contributed by atoms with Crippen molar-refractivity contribution in [2.75, 3.05) is 18.6 Å². The van der Waals surface area contributed by atoms with Gasteiger partial charge in [-0.3, -0.25) is 4.79 Å². The van der Waals surface area contributed by atoms with Crippen molar-refractivity contribution in [1.82, 2.24) is 9.88 Å². The second-order valence-corrected chi connectivity index (χ2v) is 4.69. The van der Waals surface area contributed by atoms with Gasteiger partial charge in [0, 0.05) is 12.7 Å². The fraction of sp³-hybridized carbons (Fsp3) is 0.462. The largest absolute Gasteiger partial charge is 0.479 e. The average molecular weight is 261 g/mol. The molecule has 1 atom stereocenters. The van der Waals surface area contributed by atoms with Crippen LogP contribution in [-0.2, 0) is 4.79 Å². The van der Waals surface area contributed by atoms with Crippen LogP contribution in [0.2, 0.25) is 0 Å². The van der Waals surface area contributed by atoms with E-state index in [1.165, 1.54) is 12.0 Å². The maximum Gasteiger partial charge on any atom is 0.332 e. The number of anilines is 1. The third kappa shape index (κ3) is 1.75. The van der Waals surface area contributed by atoms with Crippen molar-refractivity contribution in [2.24, 2.45) is 0 Å². The van der Waals surface area contributed by atoms with Gasteiger partial charge in [0.2, 0.25) is 5.88 Å². The van der Waals surface area contributed by atoms with Crippen LogP contribution in [0.15, 0.2) is 18.3 Å². The van der Waals surface area contributed by atoms with Crippen molar-refractivity contribution in [3.05, 3.63) is 18.3 Å². The Labute approximate surface area is 111 Å². The molecule has 2 fully saturated rings. The molecule has 100 valence electrons. The van der Waals surface area contributed by atoms with Crippen LogP contribution in [0.4, 0.5) is 10.5 Å². The number of aromatic nitrogens is 1. The Morgan fingerprint density at radius 3 is 2.95 bits per heavy atom. The number of fused-ring (bicyclic) bond motifs is 1. The molecule has 0 N–H and O–H groups in total. The molecule has 0 aromatic carbocycles. The van der Waals surface area contributed by atoms with Crippen LogP contribution in [0.3, 0.4) is 0 Å². The molecule has 3 rings (SSSR count). The molecule has 0 bridgehead atoms. The van der Waals surface area contributed by atoms with Crippen molar-refractivity contribution in [3.8, 4) is 5.88 Å². The Morgan fingerprint density at radius 2 is 2.21 bits per heavy atom. The summed E-state index contributed by atoms with van der Waals surface area (Å²) in [6, 6.07) is 2.79. The van der Waals surface area contributed by atoms with Gasteiger partial charge in [-0.15, -0.1) is 0 Å². The van der Waals surface area contributed by atoms with Crippen molar-refractivity contribution in [1.29, 1.82) is 0 Å². The minimum absolute atomic E-state index is 0.170. The van der Waals surface area contributed by atoms with E-state index in [1.807, 2.05) is 0 Å². The van der Waals surface area contributed by atoms with Crippen LogP contribution < -0.4 is 9.64 Å². The van der Waals surface area contributed by atoms with Gasteiger partial charge in [-0.25, -0.2) is 14.7 Å². The number of imide groups is 1. The number of nitrogens with zero attached hydrogens (tertiary/aromatic N) is 3. The lowest BCUT2D eigenvalue weighted by atomic mass is 10.0. The Hall–Kier alpha value is -2.11. The summed E-state index contributed by atoms with van der Waals surface area (Å²) < 4.78 is 5.13. The summed E-state index contributed by atoms with van der Waals surface area (Å²) in [5, 5.41) is 0. The first-order valence-corrected chi connectivity index (χ1v) is 6.37. The first-order valence-electron chi connectivity index (χ1n) is 6.37. The number of hydrogen-bond donors (Lipinski definition) is 0. The molecule has 0 radical (unpaired) electrons. The van der Waals surface area contributed by atoms with Crippen molar-refractivity contribution in [3.63, 3.8) is 0 Å². The standard InChI is InChI=1S/C13H15N3O3/c1-19-11-9(6-4-7-14-11)16-12(17)10-5-2-3-8-15(10)13(16)18/h4,6-7,10H,2-3,5,8H2,1H3. The van der Waals surface area contributed by atoms with Gasteiger partial charge >= 0.3 is 6.03 Å². The van der Waals surface area contributed by atoms with E-state index in [2.05, 4.69) is 4.98 Å². The van der Waals surface area contributed by atoms with Crippen LogP contribution in [0.25, 0.3) is 0 Å². The van der Waals surface area contributed by atoms with E-state index >= 15 is 0 Å². The Bertz CT molecular complexity index is 508. The molecule has 3 amide bonds. The number of amides is 3. The van der Waals surface area contributed by atoms with Gasteiger partial charge in [0.05, 0.1) is 7.11 Å². The monoisotopic (exact) mass is 261 g/mol. The normalized spacial score (nSPS) is 22.7. The predicted octanol–water partition coefficient (Wildman–Crippen LogP) is 1.41. The third-order valence-corrected chi connectivity index (χ3v) is 3.63. The number of carbonyl (C=O) groups excluding carboxylic acids is 2. The highest BCUT2D eigenvalue weighted by molar-refractivity contribution is 6.21. The highest BCUT2D eigenvalue weighted by Crippen LogP contribution is 2.34. The molecule has 6 heteroatoms. The molecule has 0 spiro atoms. The van der Waals surface area contributed by atoms with Crippen LogP contribution in [0.1, 0.15) is 19.3 Å². The number of pyridine rings is 1. The van der Waals surface area contributed by atoms with Crippen LogP contribution >= 0.6 is 0 Å². The number of rotatable bonds is 2. The number of ether oxygens (including phenoxy) is 1. The Morgan fingerprint density at radius 1 is 1.37 bits per heavy atom. The van der Waals surface area contributed by atoms with Crippen molar-refractivity contribution >= 4 is 17.6 Å². The molecule has 0 saturated carbocycles. The second-order valence-electron chi connectivity index (χ2n) is 4.69. The summed E-state index contributed by atoms with van der Waals surface area (Å²) >= 11 is 0. The third-order valence-electron chi connectivity index (χ3n) is 3.63. The lowest BCUT2D eigenvalue weighted by Gasteiger charge is -2.25. The number of urea groups is 1. The lowest BCUT2D eigenvalue weighted by Crippen LogP contribution is -2.39. The molecule has 19 heavy (non-hydrogen) atoms. The molecule has 3 heterocycles. The van der Waals surface area contributed by atoms with Gasteiger partial charge in [0.1, 0.15) is 11.7 Å². The lowest BCUT2D eigenvalue weighted by molar-refractivity contribution is -0.120. The van der Waals surface area contributed by atoms with Crippen LogP contribution in [0, 0.1) is 0 Å². The zero-order valence-corrected chi connectivity index (χ0v) is 10.7. The summed E-state index contributed by atoms with van der Waals surface area (Å²) in [5.41, 5.74) is 0.425. The molecule has 6 nitrogen and oxygen atoms in total. The first kappa shape index (κ1) is 12.0. The van der Waals surface area contributed by atoms with Gasteiger partial charge in [0.15, 0.2) is 0 Å². The molecule has 2 saturated heterocycles. The molecule has 1 unspecified atom stereocenters. The Kier molecular flexibility index (Phi) is 2.85. The van der Waals surface area contributed by atoms with E-state index in [-0.39, 0.29) is 18.0 Å². The van der Waals surface area contributed by atoms with Gasteiger partial charge in [-0.1, -0.05) is 0 Å². The maximum absolute atomic E-state index is 12.4. The maximum atomic E-state index is 12.4. The smallest absolute Gasteiger partial charge is 0.332 e. The second kappa shape index (κ2) is 4.53. The Balaban J connectivity index is 2.00. The number of piperidine rings is 1. The van der Waals surface area contributed by atoms with Crippen LogP contribution in [-0.4, -0.2) is 41.5 Å². The summed E-state index contributed by atoms with van der Waals surface area (Å²) in [4.78, 5) is 31.7. The van der Waals surface area contributed by atoms with E-state index in [0.29, 0.717) is 18.1 Å². The quantitative estimate of drug-likeness (QED) is 0.755. The molecular formula is C13H15N3O3. The SMILES string of the molecule is COc1ncccc1N1C(=O)C2CCCCN2C1=O. The number of carbonyl (C=O) groups is 2. The first-order chi connectivity index (χ1) is 9.24. The zero-order chi connectivity index (χ0) is 13.4. The summed E-state index contributed by atoms with van der Waals surface area (Å²) in [6.45, 7) is 0.647. The molecule has 0 aliphatic carbocycles. The van der Waals surface area contributed by atoms with Crippen molar-refractivity contribution < 1.29 is 14.3 Å². The van der Waals surface area contributed by atoms with Gasteiger partial charge in [-0.2, -0.15) is 0 Å². The summed E-state index contributed by atoms with van der Waals surface area (Å²) in [6.07, 6.45) is 4.25. The topological polar surface area (TPSA) is 62.7 Å². The fourth-order valence-corrected chi connectivity index (χ4v) is 2.72.